The van der Waals surface area contributed by atoms with Gasteiger partial charge < -0.3 is 9.47 Å². The molecule has 10 heteroatoms. The molecule has 0 bridgehead atoms. The molecule has 0 saturated carbocycles. The number of nitrogens with zero attached hydrogens (tertiary/aromatic N) is 3. The first-order valence-electron chi connectivity index (χ1n) is 10.3. The number of rotatable bonds is 4. The minimum absolute atomic E-state index is 0.0843. The SMILES string of the molecule is Cc1ccc(C)n1-c1ccc(C(=O)N2CCN(S(=O)(=O)c3ccc(F)c(F)c3F)CC2)cc1. The van der Waals surface area contributed by atoms with Gasteiger partial charge in [0.1, 0.15) is 4.90 Å². The first kappa shape index (κ1) is 23.1. The molecule has 0 spiro atoms. The topological polar surface area (TPSA) is 62.6 Å². The zero-order valence-corrected chi connectivity index (χ0v) is 18.9. The summed E-state index contributed by atoms with van der Waals surface area (Å²) in [6.07, 6.45) is 0. The molecule has 1 aromatic heterocycles. The fourth-order valence-corrected chi connectivity index (χ4v) is 5.47. The van der Waals surface area contributed by atoms with Crippen LogP contribution < -0.4 is 0 Å². The third kappa shape index (κ3) is 4.16. The van der Waals surface area contributed by atoms with Crippen LogP contribution in [0.4, 0.5) is 13.2 Å². The molecular formula is C23H22F3N3O3S. The molecule has 0 atom stereocenters. The van der Waals surface area contributed by atoms with Crippen LogP contribution in [0.3, 0.4) is 0 Å². The number of piperazine rings is 1. The predicted octanol–water partition coefficient (Wildman–Crippen LogP) is 3.66. The van der Waals surface area contributed by atoms with Crippen LogP contribution >= 0.6 is 0 Å². The molecule has 174 valence electrons. The Hall–Kier alpha value is -3.11. The Balaban J connectivity index is 1.46. The molecular weight excluding hydrogens is 455 g/mol. The summed E-state index contributed by atoms with van der Waals surface area (Å²) in [7, 11) is -4.37. The van der Waals surface area contributed by atoms with E-state index in [0.717, 1.165) is 21.4 Å². The fraction of sp³-hybridized carbons (Fsp3) is 0.261. The normalized spacial score (nSPS) is 15.1. The molecule has 1 amide bonds. The molecule has 1 fully saturated rings. The maximum atomic E-state index is 14.0. The average molecular weight is 478 g/mol. The maximum Gasteiger partial charge on any atom is 0.253 e. The number of carbonyl (C=O) groups excluding carboxylic acids is 1. The second-order valence-corrected chi connectivity index (χ2v) is 9.77. The second-order valence-electron chi connectivity index (χ2n) is 7.87. The van der Waals surface area contributed by atoms with Gasteiger partial charge in [-0.1, -0.05) is 0 Å². The third-order valence-electron chi connectivity index (χ3n) is 5.79. The standard InChI is InChI=1S/C23H22F3N3O3S/c1-15-3-4-16(2)29(15)18-7-5-17(6-8-18)23(30)27-11-13-28(14-12-27)33(31,32)20-10-9-19(24)21(25)22(20)26/h3-10H,11-14H2,1-2H3. The van der Waals surface area contributed by atoms with E-state index >= 15 is 0 Å². The van der Waals surface area contributed by atoms with E-state index in [9.17, 15) is 26.4 Å². The van der Waals surface area contributed by atoms with Crippen LogP contribution in [0.2, 0.25) is 0 Å². The Labute approximate surface area is 189 Å². The van der Waals surface area contributed by atoms with Crippen LogP contribution in [-0.4, -0.2) is 54.3 Å². The zero-order chi connectivity index (χ0) is 23.9. The summed E-state index contributed by atoms with van der Waals surface area (Å²) in [5, 5.41) is 0. The summed E-state index contributed by atoms with van der Waals surface area (Å²) in [5.41, 5.74) is 3.53. The maximum absolute atomic E-state index is 14.0. The summed E-state index contributed by atoms with van der Waals surface area (Å²) in [5.74, 6) is -5.30. The molecule has 1 saturated heterocycles. The van der Waals surface area contributed by atoms with E-state index in [1.54, 1.807) is 12.1 Å². The van der Waals surface area contributed by atoms with E-state index in [4.69, 9.17) is 0 Å². The van der Waals surface area contributed by atoms with Crippen molar-refractivity contribution in [3.63, 3.8) is 0 Å². The monoisotopic (exact) mass is 477 g/mol. The molecule has 0 unspecified atom stereocenters. The van der Waals surface area contributed by atoms with Gasteiger partial charge in [0, 0.05) is 48.8 Å². The van der Waals surface area contributed by atoms with Crippen molar-refractivity contribution in [2.75, 3.05) is 26.2 Å². The number of aromatic nitrogens is 1. The predicted molar refractivity (Wildman–Crippen MR) is 116 cm³/mol. The van der Waals surface area contributed by atoms with Crippen LogP contribution in [0.15, 0.2) is 53.4 Å². The van der Waals surface area contributed by atoms with Crippen molar-refractivity contribution in [1.82, 2.24) is 13.8 Å². The molecule has 0 N–H and O–H groups in total. The summed E-state index contributed by atoms with van der Waals surface area (Å²) < 4.78 is 69.2. The fourth-order valence-electron chi connectivity index (χ4n) is 3.99. The van der Waals surface area contributed by atoms with Crippen LogP contribution in [0.1, 0.15) is 21.7 Å². The van der Waals surface area contributed by atoms with Gasteiger partial charge in [0.15, 0.2) is 17.5 Å². The number of carbonyl (C=O) groups is 1. The number of amides is 1. The van der Waals surface area contributed by atoms with Crippen molar-refractivity contribution in [1.29, 1.82) is 0 Å². The number of hydrogen-bond donors (Lipinski definition) is 0. The van der Waals surface area contributed by atoms with Gasteiger partial charge in [-0.25, -0.2) is 21.6 Å². The van der Waals surface area contributed by atoms with Crippen LogP contribution in [0.5, 0.6) is 0 Å². The summed E-state index contributed by atoms with van der Waals surface area (Å²) >= 11 is 0. The lowest BCUT2D eigenvalue weighted by atomic mass is 10.1. The average Bonchev–Trinajstić information content (AvgIpc) is 3.15. The molecule has 3 aromatic rings. The minimum atomic E-state index is -4.37. The highest BCUT2D eigenvalue weighted by molar-refractivity contribution is 7.89. The van der Waals surface area contributed by atoms with Crippen molar-refractivity contribution in [2.24, 2.45) is 0 Å². The van der Waals surface area contributed by atoms with Crippen molar-refractivity contribution in [3.8, 4) is 5.69 Å². The minimum Gasteiger partial charge on any atom is -0.336 e. The lowest BCUT2D eigenvalue weighted by molar-refractivity contribution is 0.0697. The molecule has 1 aliphatic heterocycles. The van der Waals surface area contributed by atoms with Gasteiger partial charge in [0.25, 0.3) is 5.91 Å². The molecule has 0 aliphatic carbocycles. The van der Waals surface area contributed by atoms with Crippen molar-refractivity contribution < 1.29 is 26.4 Å². The Kier molecular flexibility index (Phi) is 6.06. The molecule has 6 nitrogen and oxygen atoms in total. The number of sulfonamides is 1. The highest BCUT2D eigenvalue weighted by Crippen LogP contribution is 2.24. The molecule has 1 aliphatic rings. The third-order valence-corrected chi connectivity index (χ3v) is 7.70. The van der Waals surface area contributed by atoms with Gasteiger partial charge in [-0.3, -0.25) is 4.79 Å². The van der Waals surface area contributed by atoms with Gasteiger partial charge >= 0.3 is 0 Å². The zero-order valence-electron chi connectivity index (χ0n) is 18.1. The molecule has 4 rings (SSSR count). The Morgan fingerprint density at radius 3 is 1.94 bits per heavy atom. The summed E-state index contributed by atoms with van der Waals surface area (Å²) in [4.78, 5) is 13.5. The highest BCUT2D eigenvalue weighted by atomic mass is 32.2. The number of aryl methyl sites for hydroxylation is 2. The first-order valence-corrected chi connectivity index (χ1v) is 11.7. The first-order chi connectivity index (χ1) is 15.6. The van der Waals surface area contributed by atoms with E-state index < -0.39 is 32.4 Å². The lowest BCUT2D eigenvalue weighted by Gasteiger charge is -2.34. The van der Waals surface area contributed by atoms with E-state index in [2.05, 4.69) is 4.57 Å². The van der Waals surface area contributed by atoms with Crippen molar-refractivity contribution in [2.45, 2.75) is 18.7 Å². The summed E-state index contributed by atoms with van der Waals surface area (Å²) in [6, 6.07) is 12.4. The van der Waals surface area contributed by atoms with Gasteiger partial charge in [0.2, 0.25) is 10.0 Å². The Bertz CT molecular complexity index is 1290. The number of halogens is 3. The number of hydrogen-bond acceptors (Lipinski definition) is 3. The molecule has 33 heavy (non-hydrogen) atoms. The van der Waals surface area contributed by atoms with Crippen molar-refractivity contribution in [3.05, 3.63) is 82.9 Å². The van der Waals surface area contributed by atoms with Gasteiger partial charge in [-0.05, 0) is 62.4 Å². The van der Waals surface area contributed by atoms with E-state index in [1.807, 2.05) is 38.1 Å². The van der Waals surface area contributed by atoms with Gasteiger partial charge in [0.05, 0.1) is 0 Å². The number of benzene rings is 2. The van der Waals surface area contributed by atoms with Crippen LogP contribution in [-0.2, 0) is 10.0 Å². The van der Waals surface area contributed by atoms with Crippen LogP contribution in [0.25, 0.3) is 5.69 Å². The lowest BCUT2D eigenvalue weighted by Crippen LogP contribution is -2.50. The summed E-state index contributed by atoms with van der Waals surface area (Å²) in [6.45, 7) is 3.97. The molecule has 0 radical (unpaired) electrons. The van der Waals surface area contributed by atoms with Gasteiger partial charge in [-0.15, -0.1) is 0 Å². The highest BCUT2D eigenvalue weighted by Gasteiger charge is 2.33. The smallest absolute Gasteiger partial charge is 0.253 e. The van der Waals surface area contributed by atoms with E-state index in [1.165, 1.54) is 4.90 Å². The molecule has 2 heterocycles. The van der Waals surface area contributed by atoms with Crippen LogP contribution in [0, 0.1) is 31.3 Å². The van der Waals surface area contributed by atoms with E-state index in [0.29, 0.717) is 17.7 Å². The molecule has 2 aromatic carbocycles. The van der Waals surface area contributed by atoms with Gasteiger partial charge in [-0.2, -0.15) is 4.31 Å². The largest absolute Gasteiger partial charge is 0.336 e. The Morgan fingerprint density at radius 1 is 0.788 bits per heavy atom. The second kappa shape index (κ2) is 8.68. The Morgan fingerprint density at radius 2 is 1.36 bits per heavy atom. The van der Waals surface area contributed by atoms with E-state index in [-0.39, 0.29) is 32.1 Å². The van der Waals surface area contributed by atoms with Crippen molar-refractivity contribution >= 4 is 15.9 Å². The quantitative estimate of drug-likeness (QED) is 0.539.